The van der Waals surface area contributed by atoms with Gasteiger partial charge in [0.25, 0.3) is 5.91 Å². The molecule has 40 heavy (non-hydrogen) atoms. The van der Waals surface area contributed by atoms with E-state index < -0.39 is 11.9 Å². The molecule has 0 saturated carbocycles. The number of anilines is 1. The average Bonchev–Trinajstić information content (AvgIpc) is 3.45. The van der Waals surface area contributed by atoms with Gasteiger partial charge in [0.05, 0.1) is 23.3 Å². The summed E-state index contributed by atoms with van der Waals surface area (Å²) in [5.41, 5.74) is 1.80. The maximum Gasteiger partial charge on any atom is 0.261 e. The molecule has 1 saturated heterocycles. The number of aryl methyl sites for hydroxylation is 1. The van der Waals surface area contributed by atoms with Crippen molar-refractivity contribution in [2.24, 2.45) is 0 Å². The van der Waals surface area contributed by atoms with Gasteiger partial charge < -0.3 is 24.5 Å². The minimum atomic E-state index is -0.715. The minimum absolute atomic E-state index is 0.0301. The Morgan fingerprint density at radius 3 is 2.80 bits per heavy atom. The van der Waals surface area contributed by atoms with Crippen molar-refractivity contribution in [1.82, 2.24) is 24.6 Å². The van der Waals surface area contributed by atoms with E-state index in [9.17, 15) is 14.7 Å². The number of benzene rings is 1. The number of aromatic nitrogens is 3. The van der Waals surface area contributed by atoms with E-state index in [4.69, 9.17) is 21.3 Å². The van der Waals surface area contributed by atoms with Crippen molar-refractivity contribution < 1.29 is 23.8 Å². The zero-order valence-corrected chi connectivity index (χ0v) is 22.9. The van der Waals surface area contributed by atoms with Gasteiger partial charge in [0, 0.05) is 44.5 Å². The summed E-state index contributed by atoms with van der Waals surface area (Å²) in [6, 6.07) is 3.25. The maximum absolute atomic E-state index is 15.1. The molecule has 1 aromatic carbocycles. The van der Waals surface area contributed by atoms with Crippen LogP contribution in [0.15, 0.2) is 37.1 Å². The normalized spacial score (nSPS) is 20.0. The van der Waals surface area contributed by atoms with Gasteiger partial charge in [-0.1, -0.05) is 24.2 Å². The minimum Gasteiger partial charge on any atom is -0.507 e. The number of halogens is 2. The number of amides is 2. The van der Waals surface area contributed by atoms with Crippen LogP contribution in [0.2, 0.25) is 5.02 Å². The Hall–Kier alpha value is -4.12. The van der Waals surface area contributed by atoms with Gasteiger partial charge in [0.1, 0.15) is 40.3 Å². The third-order valence-corrected chi connectivity index (χ3v) is 8.19. The second-order valence-electron chi connectivity index (χ2n) is 10.1. The Morgan fingerprint density at radius 2 is 2.10 bits per heavy atom. The molecule has 2 atom stereocenters. The van der Waals surface area contributed by atoms with Gasteiger partial charge in [-0.3, -0.25) is 14.3 Å². The van der Waals surface area contributed by atoms with Crippen molar-refractivity contribution in [3.8, 4) is 22.8 Å². The molecule has 0 spiro atoms. The summed E-state index contributed by atoms with van der Waals surface area (Å²) < 4.78 is 23.2. The first-order valence-corrected chi connectivity index (χ1v) is 13.5. The van der Waals surface area contributed by atoms with Crippen LogP contribution in [0.1, 0.15) is 41.5 Å². The molecule has 3 aliphatic rings. The first kappa shape index (κ1) is 26.1. The van der Waals surface area contributed by atoms with E-state index >= 15 is 4.39 Å². The van der Waals surface area contributed by atoms with Crippen LogP contribution in [0.4, 0.5) is 10.2 Å². The van der Waals surface area contributed by atoms with E-state index in [1.807, 2.05) is 29.6 Å². The molecule has 10 nitrogen and oxygen atoms in total. The molecule has 3 aromatic rings. The second kappa shape index (κ2) is 9.81. The molecule has 3 aliphatic heterocycles. The molecule has 5 heterocycles. The van der Waals surface area contributed by atoms with Gasteiger partial charge in [-0.2, -0.15) is 5.10 Å². The van der Waals surface area contributed by atoms with Gasteiger partial charge in [-0.15, -0.1) is 0 Å². The number of nitrogens with zero attached hydrogens (tertiary/aromatic N) is 6. The number of piperazine rings is 1. The number of pyridine rings is 1. The lowest BCUT2D eigenvalue weighted by molar-refractivity contribution is -0.128. The number of carbonyl (C=O) groups is 2. The fourth-order valence-electron chi connectivity index (χ4n) is 5.74. The lowest BCUT2D eigenvalue weighted by Crippen LogP contribution is -2.57. The van der Waals surface area contributed by atoms with E-state index in [-0.39, 0.29) is 76.7 Å². The number of phenolic OH excluding ortho intramolecular Hbond substituents is 1. The topological polar surface area (TPSA) is 104 Å². The molecule has 12 heteroatoms. The van der Waals surface area contributed by atoms with E-state index in [0.29, 0.717) is 13.1 Å². The number of aromatic hydroxyl groups is 1. The zero-order valence-electron chi connectivity index (χ0n) is 22.1. The van der Waals surface area contributed by atoms with Crippen LogP contribution in [0.5, 0.6) is 11.5 Å². The van der Waals surface area contributed by atoms with Gasteiger partial charge >= 0.3 is 0 Å². The Labute approximate surface area is 235 Å². The van der Waals surface area contributed by atoms with Gasteiger partial charge in [0.2, 0.25) is 5.91 Å². The Balaban J connectivity index is 1.51. The van der Waals surface area contributed by atoms with Crippen molar-refractivity contribution in [1.29, 1.82) is 0 Å². The number of carbonyl (C=O) groups excluding carboxylic acids is 2. The van der Waals surface area contributed by atoms with Crippen LogP contribution >= 0.6 is 11.6 Å². The fraction of sp³-hybridized carbons (Fsp3) is 0.357. The van der Waals surface area contributed by atoms with Crippen LogP contribution < -0.4 is 9.64 Å². The van der Waals surface area contributed by atoms with Crippen molar-refractivity contribution in [2.45, 2.75) is 39.0 Å². The molecule has 1 fully saturated rings. The number of fused-ring (bicyclic) bond motifs is 3. The zero-order chi connectivity index (χ0) is 28.3. The van der Waals surface area contributed by atoms with Gasteiger partial charge in [0.15, 0.2) is 5.75 Å². The van der Waals surface area contributed by atoms with E-state index in [1.54, 1.807) is 9.80 Å². The molecular weight excluding hydrogens is 539 g/mol. The fourth-order valence-corrected chi connectivity index (χ4v) is 6.02. The van der Waals surface area contributed by atoms with E-state index in [0.717, 1.165) is 17.8 Å². The monoisotopic (exact) mass is 566 g/mol. The van der Waals surface area contributed by atoms with Gasteiger partial charge in [-0.25, -0.2) is 9.37 Å². The first-order valence-electron chi connectivity index (χ1n) is 13.1. The molecule has 2 amide bonds. The highest BCUT2D eigenvalue weighted by Crippen LogP contribution is 2.48. The average molecular weight is 567 g/mol. The van der Waals surface area contributed by atoms with Crippen LogP contribution in [-0.4, -0.2) is 73.8 Å². The molecule has 1 unspecified atom stereocenters. The molecule has 2 aromatic heterocycles. The Kier molecular flexibility index (Phi) is 6.41. The third-order valence-electron chi connectivity index (χ3n) is 7.84. The highest BCUT2D eigenvalue weighted by atomic mass is 35.5. The van der Waals surface area contributed by atoms with Crippen molar-refractivity contribution in [2.75, 3.05) is 31.1 Å². The molecule has 0 aliphatic carbocycles. The highest BCUT2D eigenvalue weighted by Gasteiger charge is 2.43. The number of ether oxygens (including phenoxy) is 1. The quantitative estimate of drug-likeness (QED) is 0.479. The standard InChI is InChI=1S/C28H28ClFN6O4/c1-4-20(38)33-9-10-35-17(13-33)14-40-26-22(28(35)39)27(36-12-16-11-34(5-2)32-24(16)15(36)3)31-25(23(26)29)21-18(30)7-6-8-19(21)37/h4,6-8,11,15,17,37H,1,5,9-10,12-14H2,2-3H3/t15-,17?/m0/s1. The van der Waals surface area contributed by atoms with Crippen molar-refractivity contribution >= 4 is 29.2 Å². The lowest BCUT2D eigenvalue weighted by Gasteiger charge is -2.39. The smallest absolute Gasteiger partial charge is 0.261 e. The maximum atomic E-state index is 15.1. The summed E-state index contributed by atoms with van der Waals surface area (Å²) in [6.07, 6.45) is 3.22. The molecular formula is C28H28ClFN6O4. The summed E-state index contributed by atoms with van der Waals surface area (Å²) in [4.78, 5) is 36.5. The predicted molar refractivity (Wildman–Crippen MR) is 146 cm³/mol. The highest BCUT2D eigenvalue weighted by molar-refractivity contribution is 6.35. The number of phenols is 1. The third kappa shape index (κ3) is 3.98. The van der Waals surface area contributed by atoms with E-state index in [2.05, 4.69) is 11.7 Å². The number of rotatable bonds is 4. The number of hydrogen-bond donors (Lipinski definition) is 1. The number of hydrogen-bond acceptors (Lipinski definition) is 7. The molecule has 0 bridgehead atoms. The largest absolute Gasteiger partial charge is 0.507 e. The Morgan fingerprint density at radius 1 is 1.30 bits per heavy atom. The van der Waals surface area contributed by atoms with Crippen LogP contribution in [0.3, 0.4) is 0 Å². The summed E-state index contributed by atoms with van der Waals surface area (Å²) in [6.45, 7) is 9.63. The lowest BCUT2D eigenvalue weighted by atomic mass is 10.0. The summed E-state index contributed by atoms with van der Waals surface area (Å²) in [5.74, 6) is -1.28. The molecule has 208 valence electrons. The van der Waals surface area contributed by atoms with Crippen LogP contribution in [-0.2, 0) is 17.9 Å². The molecule has 0 radical (unpaired) electrons. The van der Waals surface area contributed by atoms with Crippen LogP contribution in [0.25, 0.3) is 11.3 Å². The summed E-state index contributed by atoms with van der Waals surface area (Å²) >= 11 is 6.82. The van der Waals surface area contributed by atoms with E-state index in [1.165, 1.54) is 24.3 Å². The van der Waals surface area contributed by atoms with Gasteiger partial charge in [-0.05, 0) is 32.1 Å². The second-order valence-corrected chi connectivity index (χ2v) is 10.5. The first-order chi connectivity index (χ1) is 19.2. The molecule has 6 rings (SSSR count). The summed E-state index contributed by atoms with van der Waals surface area (Å²) in [7, 11) is 0. The molecule has 1 N–H and O–H groups in total. The van der Waals surface area contributed by atoms with Crippen molar-refractivity contribution in [3.63, 3.8) is 0 Å². The van der Waals surface area contributed by atoms with Crippen molar-refractivity contribution in [3.05, 3.63) is 64.7 Å². The SMILES string of the molecule is C=CC(=O)N1CCN2C(=O)c3c(N4Cc5cn(CC)nc5[C@@H]4C)nc(-c4c(O)cccc4F)c(Cl)c3OCC2C1. The Bertz CT molecular complexity index is 1540. The predicted octanol–water partition coefficient (Wildman–Crippen LogP) is 3.78. The van der Waals surface area contributed by atoms with Crippen LogP contribution in [0, 0.1) is 5.82 Å². The summed E-state index contributed by atoms with van der Waals surface area (Å²) in [5, 5.41) is 15.2.